The lowest BCUT2D eigenvalue weighted by atomic mass is 10.1. The van der Waals surface area contributed by atoms with E-state index in [-0.39, 0.29) is 12.2 Å². The number of para-hydroxylation sites is 1. The van der Waals surface area contributed by atoms with Crippen LogP contribution in [0.2, 0.25) is 0 Å². The van der Waals surface area contributed by atoms with Gasteiger partial charge in [0, 0.05) is 11.1 Å². The summed E-state index contributed by atoms with van der Waals surface area (Å²) in [7, 11) is 0. The Kier molecular flexibility index (Phi) is 4.36. The third-order valence-corrected chi connectivity index (χ3v) is 3.44. The number of hydrogen-bond donors (Lipinski definition) is 1. The van der Waals surface area contributed by atoms with Crippen LogP contribution in [0.25, 0.3) is 0 Å². The third-order valence-electron chi connectivity index (χ3n) is 2.55. The van der Waals surface area contributed by atoms with Gasteiger partial charge in [0.15, 0.2) is 0 Å². The minimum Gasteiger partial charge on any atom is -0.488 e. The molecular formula is C14H11FINO2. The van der Waals surface area contributed by atoms with Crippen LogP contribution in [0.4, 0.5) is 4.39 Å². The lowest BCUT2D eigenvalue weighted by Crippen LogP contribution is -2.12. The fourth-order valence-corrected chi connectivity index (χ4v) is 2.10. The molecule has 0 aliphatic heterocycles. The molecule has 0 heterocycles. The molecule has 0 aliphatic rings. The summed E-state index contributed by atoms with van der Waals surface area (Å²) < 4.78 is 20.1. The Morgan fingerprint density at radius 1 is 1.26 bits per heavy atom. The highest BCUT2D eigenvalue weighted by atomic mass is 127. The maximum absolute atomic E-state index is 13.6. The van der Waals surface area contributed by atoms with E-state index in [1.54, 1.807) is 6.07 Å². The number of carbonyl (C=O) groups is 1. The summed E-state index contributed by atoms with van der Waals surface area (Å²) in [4.78, 5) is 11.1. The number of ether oxygens (including phenoxy) is 1. The van der Waals surface area contributed by atoms with Crippen LogP contribution < -0.4 is 10.5 Å². The first kappa shape index (κ1) is 13.8. The van der Waals surface area contributed by atoms with Crippen LogP contribution >= 0.6 is 22.6 Å². The van der Waals surface area contributed by atoms with Gasteiger partial charge in [0.05, 0.1) is 3.57 Å². The largest absolute Gasteiger partial charge is 0.488 e. The number of rotatable bonds is 4. The maximum Gasteiger partial charge on any atom is 0.248 e. The van der Waals surface area contributed by atoms with Gasteiger partial charge in [-0.3, -0.25) is 4.79 Å². The molecular weight excluding hydrogens is 360 g/mol. The van der Waals surface area contributed by atoms with Crippen molar-refractivity contribution in [3.63, 3.8) is 0 Å². The van der Waals surface area contributed by atoms with Gasteiger partial charge in [0.1, 0.15) is 18.2 Å². The first-order valence-electron chi connectivity index (χ1n) is 5.53. The second-order valence-corrected chi connectivity index (χ2v) is 5.05. The van der Waals surface area contributed by atoms with Gasteiger partial charge in [-0.05, 0) is 52.9 Å². The summed E-state index contributed by atoms with van der Waals surface area (Å²) in [5, 5.41) is 0. The van der Waals surface area contributed by atoms with E-state index in [1.165, 1.54) is 18.2 Å². The van der Waals surface area contributed by atoms with Gasteiger partial charge in [-0.2, -0.15) is 0 Å². The summed E-state index contributed by atoms with van der Waals surface area (Å²) in [5.41, 5.74) is 5.73. The van der Waals surface area contributed by atoms with Gasteiger partial charge in [-0.15, -0.1) is 0 Å². The predicted octanol–water partition coefficient (Wildman–Crippen LogP) is 3.11. The molecule has 0 spiro atoms. The van der Waals surface area contributed by atoms with Crippen LogP contribution in [-0.2, 0) is 6.61 Å². The molecule has 0 saturated carbocycles. The molecule has 98 valence electrons. The monoisotopic (exact) mass is 371 g/mol. The fourth-order valence-electron chi connectivity index (χ4n) is 1.56. The molecule has 2 N–H and O–H groups in total. The Balaban J connectivity index is 2.17. The number of carbonyl (C=O) groups excluding carboxylic acids is 1. The molecule has 0 aromatic heterocycles. The molecule has 0 aliphatic carbocycles. The zero-order valence-corrected chi connectivity index (χ0v) is 12.1. The zero-order chi connectivity index (χ0) is 13.8. The minimum absolute atomic E-state index is 0.0486. The molecule has 0 radical (unpaired) electrons. The van der Waals surface area contributed by atoms with Gasteiger partial charge in [-0.1, -0.05) is 12.1 Å². The van der Waals surface area contributed by atoms with Crippen molar-refractivity contribution in [3.8, 4) is 5.75 Å². The number of nitrogens with two attached hydrogens (primary N) is 1. The second kappa shape index (κ2) is 6.01. The van der Waals surface area contributed by atoms with Gasteiger partial charge in [0.25, 0.3) is 0 Å². The van der Waals surface area contributed by atoms with Gasteiger partial charge >= 0.3 is 0 Å². The van der Waals surface area contributed by atoms with Crippen LogP contribution in [0.5, 0.6) is 5.75 Å². The molecule has 0 fully saturated rings. The molecule has 19 heavy (non-hydrogen) atoms. The van der Waals surface area contributed by atoms with E-state index in [0.717, 1.165) is 3.57 Å². The van der Waals surface area contributed by atoms with Gasteiger partial charge < -0.3 is 10.5 Å². The van der Waals surface area contributed by atoms with Crippen LogP contribution in [-0.4, -0.2) is 5.91 Å². The van der Waals surface area contributed by atoms with E-state index < -0.39 is 11.7 Å². The summed E-state index contributed by atoms with van der Waals surface area (Å²) in [5.74, 6) is -0.335. The Labute approximate surface area is 123 Å². The van der Waals surface area contributed by atoms with E-state index in [1.807, 2.05) is 18.2 Å². The Morgan fingerprint density at radius 2 is 2.00 bits per heavy atom. The predicted molar refractivity (Wildman–Crippen MR) is 78.4 cm³/mol. The number of halogens is 2. The number of hydrogen-bond acceptors (Lipinski definition) is 2. The van der Waals surface area contributed by atoms with Crippen molar-refractivity contribution in [2.24, 2.45) is 5.73 Å². The number of benzene rings is 2. The Morgan fingerprint density at radius 3 is 2.68 bits per heavy atom. The molecule has 0 atom stereocenters. The van der Waals surface area contributed by atoms with E-state index in [4.69, 9.17) is 10.5 Å². The molecule has 2 aromatic carbocycles. The SMILES string of the molecule is NC(=O)c1ccc(F)c(COc2ccccc2I)c1. The summed E-state index contributed by atoms with van der Waals surface area (Å²) >= 11 is 2.14. The second-order valence-electron chi connectivity index (χ2n) is 3.89. The highest BCUT2D eigenvalue weighted by Crippen LogP contribution is 2.21. The van der Waals surface area contributed by atoms with Crippen LogP contribution in [0.1, 0.15) is 15.9 Å². The van der Waals surface area contributed by atoms with Crippen molar-refractivity contribution in [3.05, 3.63) is 63.0 Å². The van der Waals surface area contributed by atoms with Crippen LogP contribution in [0.3, 0.4) is 0 Å². The van der Waals surface area contributed by atoms with Crippen molar-refractivity contribution in [2.45, 2.75) is 6.61 Å². The van der Waals surface area contributed by atoms with Crippen molar-refractivity contribution < 1.29 is 13.9 Å². The standard InChI is InChI=1S/C14H11FINO2/c15-11-6-5-9(14(17)18)7-10(11)8-19-13-4-2-1-3-12(13)16/h1-7H,8H2,(H2,17,18). The normalized spacial score (nSPS) is 10.2. The van der Waals surface area contributed by atoms with E-state index in [9.17, 15) is 9.18 Å². The lowest BCUT2D eigenvalue weighted by Gasteiger charge is -2.09. The lowest BCUT2D eigenvalue weighted by molar-refractivity contribution is 0.1000. The number of primary amides is 1. The summed E-state index contributed by atoms with van der Waals surface area (Å²) in [6, 6.07) is 11.4. The highest BCUT2D eigenvalue weighted by Gasteiger charge is 2.08. The van der Waals surface area contributed by atoms with E-state index in [0.29, 0.717) is 11.3 Å². The topological polar surface area (TPSA) is 52.3 Å². The quantitative estimate of drug-likeness (QED) is 0.840. The fraction of sp³-hybridized carbons (Fsp3) is 0.0714. The first-order chi connectivity index (χ1) is 9.08. The maximum atomic E-state index is 13.6. The Hall–Kier alpha value is -1.63. The molecule has 1 amide bonds. The minimum atomic E-state index is -0.587. The highest BCUT2D eigenvalue weighted by molar-refractivity contribution is 14.1. The van der Waals surface area contributed by atoms with Crippen molar-refractivity contribution >= 4 is 28.5 Å². The van der Waals surface area contributed by atoms with E-state index in [2.05, 4.69) is 22.6 Å². The van der Waals surface area contributed by atoms with Crippen LogP contribution in [0, 0.1) is 9.39 Å². The molecule has 5 heteroatoms. The molecule has 2 aromatic rings. The average molecular weight is 371 g/mol. The van der Waals surface area contributed by atoms with Crippen molar-refractivity contribution in [1.29, 1.82) is 0 Å². The average Bonchev–Trinajstić information content (AvgIpc) is 2.39. The Bertz CT molecular complexity index is 616. The zero-order valence-electron chi connectivity index (χ0n) is 9.90. The van der Waals surface area contributed by atoms with Gasteiger partial charge in [-0.25, -0.2) is 4.39 Å². The van der Waals surface area contributed by atoms with Crippen LogP contribution in [0.15, 0.2) is 42.5 Å². The molecule has 2 rings (SSSR count). The third kappa shape index (κ3) is 3.44. The molecule has 0 saturated heterocycles. The summed E-state index contributed by atoms with van der Waals surface area (Å²) in [6.45, 7) is 0.0486. The number of amides is 1. The molecule has 3 nitrogen and oxygen atoms in total. The van der Waals surface area contributed by atoms with Crippen molar-refractivity contribution in [2.75, 3.05) is 0 Å². The first-order valence-corrected chi connectivity index (χ1v) is 6.61. The van der Waals surface area contributed by atoms with E-state index >= 15 is 0 Å². The smallest absolute Gasteiger partial charge is 0.248 e. The summed E-state index contributed by atoms with van der Waals surface area (Å²) in [6.07, 6.45) is 0. The molecule has 0 unspecified atom stereocenters. The van der Waals surface area contributed by atoms with Crippen molar-refractivity contribution in [1.82, 2.24) is 0 Å². The molecule has 0 bridgehead atoms. The van der Waals surface area contributed by atoms with Gasteiger partial charge in [0.2, 0.25) is 5.91 Å².